The van der Waals surface area contributed by atoms with Crippen molar-refractivity contribution in [3.05, 3.63) is 17.8 Å². The van der Waals surface area contributed by atoms with Crippen LogP contribution >= 0.6 is 0 Å². The minimum absolute atomic E-state index is 0.210. The van der Waals surface area contributed by atoms with Gasteiger partial charge >= 0.3 is 7.12 Å². The molecule has 2 rings (SSSR count). The largest absolute Gasteiger partial charge is 0.514 e. The summed E-state index contributed by atoms with van der Waals surface area (Å²) in [6, 6.07) is 3.35. The fraction of sp³-hybridized carbons (Fsp3) is 0.500. The first-order valence-corrected chi connectivity index (χ1v) is 5.84. The number of anilines is 1. The van der Waals surface area contributed by atoms with Crippen LogP contribution in [0.2, 0.25) is 0 Å². The van der Waals surface area contributed by atoms with E-state index in [4.69, 9.17) is 15.0 Å². The molecule has 0 aliphatic carbocycles. The Bertz CT molecular complexity index is 472. The van der Waals surface area contributed by atoms with Crippen LogP contribution in [-0.2, 0) is 9.31 Å². The van der Waals surface area contributed by atoms with Gasteiger partial charge in [0.05, 0.1) is 22.5 Å². The van der Waals surface area contributed by atoms with Gasteiger partial charge in [-0.25, -0.2) is 0 Å². The molecule has 5 nitrogen and oxygen atoms in total. The molecule has 1 aliphatic rings. The molecule has 2 heterocycles. The molecule has 0 atom stereocenters. The van der Waals surface area contributed by atoms with Gasteiger partial charge in [0.2, 0.25) is 0 Å². The fourth-order valence-electron chi connectivity index (χ4n) is 1.69. The first-order chi connectivity index (χ1) is 8.27. The van der Waals surface area contributed by atoms with Crippen LogP contribution in [-0.4, -0.2) is 29.6 Å². The maximum absolute atomic E-state index is 10.8. The number of carbonyl (C=O) groups is 1. The third-order valence-corrected chi connectivity index (χ3v) is 3.59. The smallest absolute Gasteiger partial charge is 0.398 e. The molecule has 0 saturated carbocycles. The van der Waals surface area contributed by atoms with Crippen molar-refractivity contribution in [2.45, 2.75) is 38.9 Å². The highest BCUT2D eigenvalue weighted by Gasteiger charge is 2.52. The molecule has 1 aromatic rings. The summed E-state index contributed by atoms with van der Waals surface area (Å²) in [5.74, 6) is 0. The molecular formula is C12H17BN2O3. The molecule has 1 aliphatic heterocycles. The van der Waals surface area contributed by atoms with Gasteiger partial charge in [0, 0.05) is 0 Å². The van der Waals surface area contributed by atoms with Gasteiger partial charge in [-0.15, -0.1) is 0 Å². The summed E-state index contributed by atoms with van der Waals surface area (Å²) in [4.78, 5) is 15.0. The van der Waals surface area contributed by atoms with Crippen LogP contribution in [0.3, 0.4) is 0 Å². The Labute approximate surface area is 107 Å². The SMILES string of the molecule is CC1(C)OB(c2ccc(N)c(C=O)n2)OC1(C)C. The Morgan fingerprint density at radius 3 is 2.28 bits per heavy atom. The first kappa shape index (κ1) is 13.0. The second kappa shape index (κ2) is 4.07. The van der Waals surface area contributed by atoms with Crippen LogP contribution in [0, 0.1) is 0 Å². The molecule has 0 radical (unpaired) electrons. The zero-order chi connectivity index (χ0) is 13.6. The summed E-state index contributed by atoms with van der Waals surface area (Å²) in [7, 11) is -0.575. The van der Waals surface area contributed by atoms with E-state index >= 15 is 0 Å². The molecule has 2 N–H and O–H groups in total. The van der Waals surface area contributed by atoms with Crippen LogP contribution in [0.15, 0.2) is 12.1 Å². The van der Waals surface area contributed by atoms with Gasteiger partial charge in [-0.2, -0.15) is 0 Å². The predicted octanol–water partition coefficient (Wildman–Crippen LogP) is 0.775. The van der Waals surface area contributed by atoms with E-state index in [1.165, 1.54) is 0 Å². The zero-order valence-electron chi connectivity index (χ0n) is 11.1. The molecule has 0 bridgehead atoms. The number of carbonyl (C=O) groups excluding carboxylic acids is 1. The minimum Gasteiger partial charge on any atom is -0.398 e. The highest BCUT2D eigenvalue weighted by molar-refractivity contribution is 6.61. The van der Waals surface area contributed by atoms with Crippen molar-refractivity contribution < 1.29 is 14.1 Å². The number of aldehydes is 1. The molecule has 0 aromatic carbocycles. The molecule has 6 heteroatoms. The van der Waals surface area contributed by atoms with E-state index in [1.807, 2.05) is 27.7 Å². The van der Waals surface area contributed by atoms with Crippen molar-refractivity contribution in [1.82, 2.24) is 4.98 Å². The van der Waals surface area contributed by atoms with Crippen LogP contribution in [0.1, 0.15) is 38.2 Å². The number of aromatic nitrogens is 1. The zero-order valence-corrected chi connectivity index (χ0v) is 11.1. The van der Waals surface area contributed by atoms with Gasteiger partial charge in [0.15, 0.2) is 6.29 Å². The molecule has 0 amide bonds. The molecule has 96 valence electrons. The van der Waals surface area contributed by atoms with Crippen LogP contribution < -0.4 is 11.3 Å². The van der Waals surface area contributed by atoms with E-state index in [0.717, 1.165) is 0 Å². The van der Waals surface area contributed by atoms with Crippen molar-refractivity contribution >= 4 is 24.7 Å². The van der Waals surface area contributed by atoms with E-state index < -0.39 is 18.3 Å². The van der Waals surface area contributed by atoms with Crippen molar-refractivity contribution in [3.63, 3.8) is 0 Å². The Kier molecular flexibility index (Phi) is 2.95. The quantitative estimate of drug-likeness (QED) is 0.618. The normalized spacial score (nSPS) is 21.0. The van der Waals surface area contributed by atoms with Crippen molar-refractivity contribution in [1.29, 1.82) is 0 Å². The molecule has 1 aromatic heterocycles. The van der Waals surface area contributed by atoms with Gasteiger partial charge < -0.3 is 15.0 Å². The van der Waals surface area contributed by atoms with E-state index in [-0.39, 0.29) is 5.69 Å². The molecule has 1 saturated heterocycles. The summed E-state index contributed by atoms with van der Waals surface area (Å²) in [5, 5.41) is 0. The Morgan fingerprint density at radius 2 is 1.78 bits per heavy atom. The molecule has 0 unspecified atom stereocenters. The topological polar surface area (TPSA) is 74.4 Å². The summed E-state index contributed by atoms with van der Waals surface area (Å²) < 4.78 is 11.7. The average Bonchev–Trinajstić information content (AvgIpc) is 2.49. The van der Waals surface area contributed by atoms with Crippen molar-refractivity contribution in [2.24, 2.45) is 0 Å². The first-order valence-electron chi connectivity index (χ1n) is 5.84. The predicted molar refractivity (Wildman–Crippen MR) is 69.8 cm³/mol. The number of nitrogen functional groups attached to an aromatic ring is 1. The van der Waals surface area contributed by atoms with Gasteiger partial charge in [-0.3, -0.25) is 9.78 Å². The van der Waals surface area contributed by atoms with Crippen LogP contribution in [0.5, 0.6) is 0 Å². The second-order valence-corrected chi connectivity index (χ2v) is 5.42. The lowest BCUT2D eigenvalue weighted by molar-refractivity contribution is 0.00578. The van der Waals surface area contributed by atoms with Gasteiger partial charge in [0.1, 0.15) is 5.69 Å². The van der Waals surface area contributed by atoms with Gasteiger partial charge in [-0.1, -0.05) is 0 Å². The van der Waals surface area contributed by atoms with Crippen LogP contribution in [0.4, 0.5) is 5.69 Å². The van der Waals surface area contributed by atoms with Gasteiger partial charge in [0.25, 0.3) is 0 Å². The van der Waals surface area contributed by atoms with Crippen molar-refractivity contribution in [2.75, 3.05) is 5.73 Å². The average molecular weight is 248 g/mol. The maximum Gasteiger partial charge on any atom is 0.514 e. The summed E-state index contributed by atoms with van der Waals surface area (Å²) >= 11 is 0. The third-order valence-electron chi connectivity index (χ3n) is 3.59. The van der Waals surface area contributed by atoms with Crippen molar-refractivity contribution in [3.8, 4) is 0 Å². The Balaban J connectivity index is 2.32. The number of nitrogens with zero attached hydrogens (tertiary/aromatic N) is 1. The number of hydrogen-bond donors (Lipinski definition) is 1. The van der Waals surface area contributed by atoms with E-state index in [0.29, 0.717) is 17.6 Å². The molecular weight excluding hydrogens is 231 g/mol. The number of hydrogen-bond acceptors (Lipinski definition) is 5. The highest BCUT2D eigenvalue weighted by atomic mass is 16.7. The monoisotopic (exact) mass is 248 g/mol. The Hall–Kier alpha value is -1.40. The second-order valence-electron chi connectivity index (χ2n) is 5.42. The summed E-state index contributed by atoms with van der Waals surface area (Å²) in [6.07, 6.45) is 0.629. The number of pyridine rings is 1. The third kappa shape index (κ3) is 2.02. The lowest BCUT2D eigenvalue weighted by atomic mass is 9.84. The standard InChI is InChI=1S/C12H17BN2O3/c1-11(2)12(3,4)18-13(17-11)10-6-5-8(14)9(7-16)15-10/h5-7H,14H2,1-4H3. The fourth-order valence-corrected chi connectivity index (χ4v) is 1.69. The summed E-state index contributed by atoms with van der Waals surface area (Å²) in [5.41, 5.74) is 5.90. The number of nitrogens with two attached hydrogens (primary N) is 1. The highest BCUT2D eigenvalue weighted by Crippen LogP contribution is 2.36. The molecule has 18 heavy (non-hydrogen) atoms. The maximum atomic E-state index is 10.8. The molecule has 1 fully saturated rings. The lowest BCUT2D eigenvalue weighted by Gasteiger charge is -2.32. The minimum atomic E-state index is -0.575. The molecule has 0 spiro atoms. The van der Waals surface area contributed by atoms with Gasteiger partial charge in [-0.05, 0) is 39.8 Å². The van der Waals surface area contributed by atoms with Crippen LogP contribution in [0.25, 0.3) is 0 Å². The lowest BCUT2D eigenvalue weighted by Crippen LogP contribution is -2.41. The number of rotatable bonds is 2. The summed E-state index contributed by atoms with van der Waals surface area (Å²) in [6.45, 7) is 7.85. The van der Waals surface area contributed by atoms with E-state index in [2.05, 4.69) is 4.98 Å². The van der Waals surface area contributed by atoms with E-state index in [1.54, 1.807) is 12.1 Å². The Morgan fingerprint density at radius 1 is 1.22 bits per heavy atom. The van der Waals surface area contributed by atoms with E-state index in [9.17, 15) is 4.79 Å².